The second-order valence-corrected chi connectivity index (χ2v) is 9.19. The van der Waals surface area contributed by atoms with E-state index in [1.165, 1.54) is 16.8 Å². The molecule has 1 fully saturated rings. The zero-order valence-electron chi connectivity index (χ0n) is 21.0. The second kappa shape index (κ2) is 9.90. The predicted molar refractivity (Wildman–Crippen MR) is 143 cm³/mol. The fourth-order valence-electron chi connectivity index (χ4n) is 4.95. The molecule has 1 aliphatic heterocycles. The number of aromatic nitrogens is 1. The van der Waals surface area contributed by atoms with Gasteiger partial charge in [-0.2, -0.15) is 0 Å². The Balaban J connectivity index is 1.40. The first-order chi connectivity index (χ1) is 17.5. The highest BCUT2D eigenvalue weighted by Gasteiger charge is 2.31. The molecule has 0 spiro atoms. The van der Waals surface area contributed by atoms with E-state index in [-0.39, 0.29) is 0 Å². The fraction of sp³-hybridized carbons (Fsp3) is 0.267. The van der Waals surface area contributed by atoms with Gasteiger partial charge in [0.25, 0.3) is 11.7 Å². The first-order valence-electron chi connectivity index (χ1n) is 12.5. The molecule has 36 heavy (non-hydrogen) atoms. The van der Waals surface area contributed by atoms with Crippen LogP contribution in [0, 0.1) is 13.8 Å². The Bertz CT molecular complexity index is 1410. The molecular formula is C30H31N3O3. The molecule has 0 bridgehead atoms. The number of carbonyl (C=O) groups is 2. The average molecular weight is 482 g/mol. The minimum Gasteiger partial charge on any atom is -0.494 e. The zero-order valence-corrected chi connectivity index (χ0v) is 21.0. The maximum Gasteiger partial charge on any atom is 0.296 e. The van der Waals surface area contributed by atoms with Gasteiger partial charge >= 0.3 is 0 Å². The number of ketones is 1. The molecule has 1 saturated heterocycles. The minimum absolute atomic E-state index is 0.400. The van der Waals surface area contributed by atoms with Crippen LogP contribution in [0.5, 0.6) is 5.75 Å². The summed E-state index contributed by atoms with van der Waals surface area (Å²) >= 11 is 0. The van der Waals surface area contributed by atoms with Gasteiger partial charge in [0.05, 0.1) is 6.61 Å². The largest absolute Gasteiger partial charge is 0.494 e. The number of anilines is 1. The average Bonchev–Trinajstić information content (AvgIpc) is 3.30. The van der Waals surface area contributed by atoms with Crippen molar-refractivity contribution < 1.29 is 14.3 Å². The van der Waals surface area contributed by atoms with Gasteiger partial charge in [-0.3, -0.25) is 9.59 Å². The first kappa shape index (κ1) is 23.7. The van der Waals surface area contributed by atoms with Crippen molar-refractivity contribution in [1.82, 2.24) is 9.30 Å². The van der Waals surface area contributed by atoms with Crippen LogP contribution in [0.1, 0.15) is 28.5 Å². The van der Waals surface area contributed by atoms with E-state index in [1.54, 1.807) is 4.90 Å². The van der Waals surface area contributed by atoms with Crippen LogP contribution in [0.25, 0.3) is 16.6 Å². The molecule has 3 heterocycles. The number of aryl methyl sites for hydroxylation is 1. The summed E-state index contributed by atoms with van der Waals surface area (Å²) in [7, 11) is 0. The Morgan fingerprint density at radius 2 is 1.64 bits per heavy atom. The van der Waals surface area contributed by atoms with Gasteiger partial charge in [-0.15, -0.1) is 0 Å². The summed E-state index contributed by atoms with van der Waals surface area (Å²) in [4.78, 5) is 31.1. The summed E-state index contributed by atoms with van der Waals surface area (Å²) < 4.78 is 7.39. The van der Waals surface area contributed by atoms with Crippen molar-refractivity contribution >= 4 is 22.9 Å². The van der Waals surface area contributed by atoms with Gasteiger partial charge < -0.3 is 18.9 Å². The SMILES string of the molecule is CCOc1ccc(-c2cc3ccccn3c2C(=O)C(=O)N2CCN(c3cccc(C)c3C)CC2)cc1. The number of benzene rings is 2. The minimum atomic E-state index is -0.481. The Kier molecular flexibility index (Phi) is 6.51. The normalized spacial score (nSPS) is 13.8. The monoisotopic (exact) mass is 481 g/mol. The number of hydrogen-bond donors (Lipinski definition) is 0. The van der Waals surface area contributed by atoms with E-state index in [4.69, 9.17) is 4.74 Å². The number of pyridine rings is 1. The van der Waals surface area contributed by atoms with Gasteiger partial charge in [-0.25, -0.2) is 0 Å². The van der Waals surface area contributed by atoms with E-state index in [9.17, 15) is 9.59 Å². The van der Waals surface area contributed by atoms with E-state index in [2.05, 4.69) is 36.9 Å². The molecule has 0 unspecified atom stereocenters. The third kappa shape index (κ3) is 4.35. The van der Waals surface area contributed by atoms with Crippen molar-refractivity contribution in [3.63, 3.8) is 0 Å². The third-order valence-corrected chi connectivity index (χ3v) is 7.05. The Morgan fingerprint density at radius 3 is 2.36 bits per heavy atom. The molecule has 0 N–H and O–H groups in total. The highest BCUT2D eigenvalue weighted by Crippen LogP contribution is 2.30. The van der Waals surface area contributed by atoms with Crippen LogP contribution < -0.4 is 9.64 Å². The van der Waals surface area contributed by atoms with E-state index in [0.717, 1.165) is 22.4 Å². The summed E-state index contributed by atoms with van der Waals surface area (Å²) in [5.74, 6) is -0.160. The Morgan fingerprint density at radius 1 is 0.889 bits per heavy atom. The van der Waals surface area contributed by atoms with Crippen molar-refractivity contribution in [2.24, 2.45) is 0 Å². The van der Waals surface area contributed by atoms with Crippen molar-refractivity contribution in [2.75, 3.05) is 37.7 Å². The molecule has 2 aromatic heterocycles. The quantitative estimate of drug-likeness (QED) is 0.282. The van der Waals surface area contributed by atoms with Crippen LogP contribution in [-0.2, 0) is 4.79 Å². The number of amides is 1. The number of fused-ring (bicyclic) bond motifs is 1. The van der Waals surface area contributed by atoms with E-state index in [0.29, 0.717) is 38.5 Å². The van der Waals surface area contributed by atoms with Crippen molar-refractivity contribution in [3.8, 4) is 16.9 Å². The topological polar surface area (TPSA) is 54.3 Å². The lowest BCUT2D eigenvalue weighted by atomic mass is 10.0. The van der Waals surface area contributed by atoms with Crippen LogP contribution in [0.15, 0.2) is 72.9 Å². The lowest BCUT2D eigenvalue weighted by molar-refractivity contribution is -0.126. The van der Waals surface area contributed by atoms with Crippen molar-refractivity contribution in [2.45, 2.75) is 20.8 Å². The number of hydrogen-bond acceptors (Lipinski definition) is 4. The van der Waals surface area contributed by atoms with Crippen molar-refractivity contribution in [3.05, 3.63) is 89.7 Å². The molecule has 0 atom stereocenters. The van der Waals surface area contributed by atoms with Gasteiger partial charge in [0, 0.05) is 49.1 Å². The Labute approximate surface area is 211 Å². The molecule has 2 aromatic carbocycles. The van der Waals surface area contributed by atoms with Crippen LogP contribution in [0.4, 0.5) is 5.69 Å². The highest BCUT2D eigenvalue weighted by atomic mass is 16.5. The van der Waals surface area contributed by atoms with E-state index in [1.807, 2.05) is 66.1 Å². The molecule has 0 radical (unpaired) electrons. The second-order valence-electron chi connectivity index (χ2n) is 9.19. The molecule has 0 aliphatic carbocycles. The van der Waals surface area contributed by atoms with Gasteiger partial charge in [0.1, 0.15) is 11.4 Å². The van der Waals surface area contributed by atoms with Gasteiger partial charge in [-0.1, -0.05) is 30.3 Å². The van der Waals surface area contributed by atoms with Crippen LogP contribution in [0.3, 0.4) is 0 Å². The zero-order chi connectivity index (χ0) is 25.2. The maximum atomic E-state index is 13.7. The third-order valence-electron chi connectivity index (χ3n) is 7.05. The smallest absolute Gasteiger partial charge is 0.296 e. The number of piperazine rings is 1. The van der Waals surface area contributed by atoms with Crippen LogP contribution in [0.2, 0.25) is 0 Å². The van der Waals surface area contributed by atoms with Crippen molar-refractivity contribution in [1.29, 1.82) is 0 Å². The lowest BCUT2D eigenvalue weighted by Gasteiger charge is -2.36. The molecule has 0 saturated carbocycles. The molecule has 184 valence electrons. The summed E-state index contributed by atoms with van der Waals surface area (Å²) in [5.41, 5.74) is 6.60. The predicted octanol–water partition coefficient (Wildman–Crippen LogP) is 5.15. The lowest BCUT2D eigenvalue weighted by Crippen LogP contribution is -2.51. The summed E-state index contributed by atoms with van der Waals surface area (Å²) in [6, 6.07) is 21.7. The number of ether oxygens (including phenoxy) is 1. The first-order valence-corrected chi connectivity index (χ1v) is 12.5. The standard InChI is InChI=1S/C30H31N3O3/c1-4-36-25-13-11-23(12-14-25)26-20-24-9-5-6-15-33(24)28(26)29(34)30(35)32-18-16-31(17-19-32)27-10-7-8-21(2)22(27)3/h5-15,20H,4,16-19H2,1-3H3. The summed E-state index contributed by atoms with van der Waals surface area (Å²) in [6.07, 6.45) is 1.84. The molecular weight excluding hydrogens is 450 g/mol. The number of Topliss-reactive ketones (excluding diaryl/α,β-unsaturated/α-hetero) is 1. The van der Waals surface area contributed by atoms with Gasteiger partial charge in [0.15, 0.2) is 0 Å². The molecule has 4 aromatic rings. The van der Waals surface area contributed by atoms with Crippen LogP contribution in [-0.4, -0.2) is 53.8 Å². The fourth-order valence-corrected chi connectivity index (χ4v) is 4.95. The molecule has 6 nitrogen and oxygen atoms in total. The van der Waals surface area contributed by atoms with Gasteiger partial charge in [-0.05, 0) is 73.9 Å². The molecule has 1 amide bonds. The number of nitrogens with zero attached hydrogens (tertiary/aromatic N) is 3. The molecule has 6 heteroatoms. The van der Waals surface area contributed by atoms with Crippen LogP contribution >= 0.6 is 0 Å². The molecule has 5 rings (SSSR count). The maximum absolute atomic E-state index is 13.7. The Hall–Kier alpha value is -4.06. The van der Waals surface area contributed by atoms with Gasteiger partial charge in [0.2, 0.25) is 0 Å². The molecule has 1 aliphatic rings. The highest BCUT2D eigenvalue weighted by molar-refractivity contribution is 6.43. The summed E-state index contributed by atoms with van der Waals surface area (Å²) in [5, 5.41) is 0. The van der Waals surface area contributed by atoms with E-state index >= 15 is 0 Å². The summed E-state index contributed by atoms with van der Waals surface area (Å²) in [6.45, 7) is 9.20. The number of rotatable bonds is 6. The number of carbonyl (C=O) groups excluding carboxylic acids is 2. The van der Waals surface area contributed by atoms with E-state index < -0.39 is 11.7 Å².